The molecule has 0 saturated carbocycles. The Balaban J connectivity index is 0.00000400. The summed E-state index contributed by atoms with van der Waals surface area (Å²) >= 11 is 1.16. The first-order chi connectivity index (χ1) is 9.60. The molecule has 1 aromatic rings. The topological polar surface area (TPSA) is 99.9 Å². The number of esters is 1. The Kier molecular flexibility index (Phi) is 9.31. The van der Waals surface area contributed by atoms with Gasteiger partial charge in [-0.1, -0.05) is 23.9 Å². The van der Waals surface area contributed by atoms with E-state index < -0.39 is 5.97 Å². The molecule has 0 bridgehead atoms. The molecule has 116 valence electrons. The van der Waals surface area contributed by atoms with Gasteiger partial charge < -0.3 is 21.1 Å². The SMILES string of the molecule is Br.COC(=O)/C(=C/c1ccc(OC)cc1)CS/C(N)=N\N. The normalized spacial score (nSPS) is 11.5. The molecule has 0 atom stereocenters. The van der Waals surface area contributed by atoms with Gasteiger partial charge in [0, 0.05) is 11.3 Å². The molecule has 0 unspecified atom stereocenters. The van der Waals surface area contributed by atoms with Gasteiger partial charge in [0.2, 0.25) is 0 Å². The molecular weight excluding hydrogens is 358 g/mol. The van der Waals surface area contributed by atoms with Crippen LogP contribution in [0.2, 0.25) is 0 Å². The highest BCUT2D eigenvalue weighted by Crippen LogP contribution is 2.17. The lowest BCUT2D eigenvalue weighted by atomic mass is 10.1. The molecule has 21 heavy (non-hydrogen) atoms. The maximum Gasteiger partial charge on any atom is 0.334 e. The number of thioether (sulfide) groups is 1. The van der Waals surface area contributed by atoms with Crippen LogP contribution in [0.25, 0.3) is 6.08 Å². The molecule has 0 spiro atoms. The lowest BCUT2D eigenvalue weighted by Crippen LogP contribution is -2.13. The first-order valence-electron chi connectivity index (χ1n) is 5.69. The van der Waals surface area contributed by atoms with Gasteiger partial charge in [-0.3, -0.25) is 0 Å². The summed E-state index contributed by atoms with van der Waals surface area (Å²) in [5.41, 5.74) is 6.81. The van der Waals surface area contributed by atoms with Crippen molar-refractivity contribution in [1.82, 2.24) is 0 Å². The minimum atomic E-state index is -0.418. The van der Waals surface area contributed by atoms with Crippen molar-refractivity contribution in [1.29, 1.82) is 0 Å². The van der Waals surface area contributed by atoms with Crippen LogP contribution in [0, 0.1) is 0 Å². The van der Waals surface area contributed by atoms with Crippen LogP contribution in [0.15, 0.2) is 34.9 Å². The van der Waals surface area contributed by atoms with E-state index in [4.69, 9.17) is 21.1 Å². The summed E-state index contributed by atoms with van der Waals surface area (Å²) in [6.07, 6.45) is 1.72. The lowest BCUT2D eigenvalue weighted by molar-refractivity contribution is -0.135. The van der Waals surface area contributed by atoms with Crippen LogP contribution in [-0.2, 0) is 9.53 Å². The molecule has 1 aromatic carbocycles. The van der Waals surface area contributed by atoms with Crippen LogP contribution in [0.4, 0.5) is 0 Å². The quantitative estimate of drug-likeness (QED) is 0.203. The van der Waals surface area contributed by atoms with Crippen molar-refractivity contribution in [2.45, 2.75) is 0 Å². The number of halogens is 1. The summed E-state index contributed by atoms with van der Waals surface area (Å²) in [5, 5.41) is 3.54. The van der Waals surface area contributed by atoms with Gasteiger partial charge in [0.1, 0.15) is 5.75 Å². The number of amidine groups is 1. The number of nitrogens with two attached hydrogens (primary N) is 2. The molecule has 0 radical (unpaired) electrons. The molecular formula is C13H18BrN3O3S. The maximum absolute atomic E-state index is 11.7. The van der Waals surface area contributed by atoms with Gasteiger partial charge in [0.05, 0.1) is 14.2 Å². The van der Waals surface area contributed by atoms with Gasteiger partial charge in [0.15, 0.2) is 5.17 Å². The van der Waals surface area contributed by atoms with Crippen LogP contribution in [0.1, 0.15) is 5.56 Å². The fourth-order valence-corrected chi connectivity index (χ4v) is 1.96. The van der Waals surface area contributed by atoms with E-state index in [-0.39, 0.29) is 22.1 Å². The molecule has 0 aliphatic heterocycles. The first kappa shape index (κ1) is 19.3. The van der Waals surface area contributed by atoms with Crippen LogP contribution < -0.4 is 16.3 Å². The smallest absolute Gasteiger partial charge is 0.334 e. The van der Waals surface area contributed by atoms with E-state index in [9.17, 15) is 4.79 Å². The zero-order valence-electron chi connectivity index (χ0n) is 11.7. The van der Waals surface area contributed by atoms with Crippen LogP contribution in [0.3, 0.4) is 0 Å². The van der Waals surface area contributed by atoms with E-state index in [0.29, 0.717) is 11.3 Å². The number of rotatable bonds is 5. The Morgan fingerprint density at radius 3 is 2.43 bits per heavy atom. The largest absolute Gasteiger partial charge is 0.497 e. The first-order valence-corrected chi connectivity index (χ1v) is 6.68. The zero-order chi connectivity index (χ0) is 15.0. The Morgan fingerprint density at radius 2 is 1.95 bits per heavy atom. The molecule has 6 nitrogen and oxygen atoms in total. The fourth-order valence-electron chi connectivity index (χ4n) is 1.38. The molecule has 8 heteroatoms. The van der Waals surface area contributed by atoms with Gasteiger partial charge in [-0.05, 0) is 23.8 Å². The van der Waals surface area contributed by atoms with Crippen LogP contribution >= 0.6 is 28.7 Å². The number of ether oxygens (including phenoxy) is 2. The number of nitrogens with zero attached hydrogens (tertiary/aromatic N) is 1. The predicted octanol–water partition coefficient (Wildman–Crippen LogP) is 1.75. The molecule has 0 heterocycles. The number of carbonyl (C=O) groups excluding carboxylic acids is 1. The second kappa shape index (κ2) is 10.1. The summed E-state index contributed by atoms with van der Waals surface area (Å²) in [6.45, 7) is 0. The third kappa shape index (κ3) is 6.54. The molecule has 0 amide bonds. The van der Waals surface area contributed by atoms with E-state index in [1.165, 1.54) is 7.11 Å². The van der Waals surface area contributed by atoms with Gasteiger partial charge in [-0.2, -0.15) is 5.10 Å². The van der Waals surface area contributed by atoms with Gasteiger partial charge in [-0.15, -0.1) is 17.0 Å². The molecule has 0 saturated heterocycles. The van der Waals surface area contributed by atoms with Crippen LogP contribution in [0.5, 0.6) is 5.75 Å². The van der Waals surface area contributed by atoms with Crippen molar-refractivity contribution in [2.75, 3.05) is 20.0 Å². The Morgan fingerprint density at radius 1 is 1.33 bits per heavy atom. The van der Waals surface area contributed by atoms with Gasteiger partial charge >= 0.3 is 5.97 Å². The fraction of sp³-hybridized carbons (Fsp3) is 0.231. The average molecular weight is 376 g/mol. The van der Waals surface area contributed by atoms with Crippen molar-refractivity contribution >= 4 is 46.0 Å². The average Bonchev–Trinajstić information content (AvgIpc) is 2.50. The predicted molar refractivity (Wildman–Crippen MR) is 91.6 cm³/mol. The standard InChI is InChI=1S/C13H17N3O3S.BrH/c1-18-11-5-3-9(4-6-11)7-10(12(17)19-2)8-20-13(14)16-15;/h3-7H,8,15H2,1-2H3,(H2,14,16);1H/b10-7+;. The molecule has 0 fully saturated rings. The van der Waals surface area contributed by atoms with Crippen molar-refractivity contribution in [3.63, 3.8) is 0 Å². The number of hydrogen-bond donors (Lipinski definition) is 2. The summed E-state index contributed by atoms with van der Waals surface area (Å²) in [4.78, 5) is 11.7. The van der Waals surface area contributed by atoms with E-state index in [2.05, 4.69) is 5.10 Å². The van der Waals surface area contributed by atoms with Crippen molar-refractivity contribution in [2.24, 2.45) is 16.7 Å². The molecule has 4 N–H and O–H groups in total. The zero-order valence-corrected chi connectivity index (χ0v) is 14.3. The third-order valence-corrected chi connectivity index (χ3v) is 3.26. The lowest BCUT2D eigenvalue weighted by Gasteiger charge is -2.06. The number of methoxy groups -OCH3 is 2. The number of benzene rings is 1. The number of hydrogen-bond acceptors (Lipinski definition) is 6. The van der Waals surface area contributed by atoms with Gasteiger partial charge in [0.25, 0.3) is 0 Å². The monoisotopic (exact) mass is 375 g/mol. The molecule has 1 rings (SSSR count). The second-order valence-electron chi connectivity index (χ2n) is 3.69. The summed E-state index contributed by atoms with van der Waals surface area (Å²) in [5.74, 6) is 5.70. The highest BCUT2D eigenvalue weighted by atomic mass is 79.9. The van der Waals surface area contributed by atoms with Crippen molar-refractivity contribution < 1.29 is 14.3 Å². The minimum absolute atomic E-state index is 0. The minimum Gasteiger partial charge on any atom is -0.497 e. The maximum atomic E-state index is 11.7. The van der Waals surface area contributed by atoms with Crippen LogP contribution in [-0.4, -0.2) is 31.1 Å². The summed E-state index contributed by atoms with van der Waals surface area (Å²) < 4.78 is 9.81. The second-order valence-corrected chi connectivity index (χ2v) is 4.69. The van der Waals surface area contributed by atoms with E-state index in [1.54, 1.807) is 13.2 Å². The van der Waals surface area contributed by atoms with E-state index in [1.807, 2.05) is 24.3 Å². The van der Waals surface area contributed by atoms with E-state index in [0.717, 1.165) is 23.1 Å². The Labute approximate surface area is 138 Å². The van der Waals surface area contributed by atoms with E-state index >= 15 is 0 Å². The molecule has 0 aliphatic rings. The van der Waals surface area contributed by atoms with Crippen molar-refractivity contribution in [3.05, 3.63) is 35.4 Å². The Bertz CT molecular complexity index is 518. The van der Waals surface area contributed by atoms with Crippen molar-refractivity contribution in [3.8, 4) is 5.75 Å². The molecule has 0 aliphatic carbocycles. The Hall–Kier alpha value is -1.67. The molecule has 0 aromatic heterocycles. The number of hydrazone groups is 1. The highest BCUT2D eigenvalue weighted by Gasteiger charge is 2.11. The highest BCUT2D eigenvalue weighted by molar-refractivity contribution is 8.93. The summed E-state index contributed by atoms with van der Waals surface area (Å²) in [6, 6.07) is 7.30. The third-order valence-electron chi connectivity index (χ3n) is 2.41. The number of carbonyl (C=O) groups is 1. The summed E-state index contributed by atoms with van der Waals surface area (Å²) in [7, 11) is 2.92. The van der Waals surface area contributed by atoms with Gasteiger partial charge in [-0.25, -0.2) is 4.79 Å².